The number of piperidine rings is 1. The molecular formula is C27H21F3N4O. The molecule has 35 heavy (non-hydrogen) atoms. The summed E-state index contributed by atoms with van der Waals surface area (Å²) >= 11 is 0. The van der Waals surface area contributed by atoms with E-state index in [9.17, 15) is 23.5 Å². The van der Waals surface area contributed by atoms with E-state index < -0.39 is 23.8 Å². The summed E-state index contributed by atoms with van der Waals surface area (Å²) in [5.41, 5.74) is 8.98. The first-order valence-corrected chi connectivity index (χ1v) is 11.1. The number of anilines is 1. The number of phenols is 1. The molecule has 1 fully saturated rings. The summed E-state index contributed by atoms with van der Waals surface area (Å²) in [6.45, 7) is 0.468. The Balaban J connectivity index is 1.77. The van der Waals surface area contributed by atoms with Crippen LogP contribution in [0.15, 0.2) is 60.8 Å². The number of hydrogen-bond acceptors (Lipinski definition) is 5. The quantitative estimate of drug-likeness (QED) is 0.421. The van der Waals surface area contributed by atoms with Crippen LogP contribution < -0.4 is 10.6 Å². The van der Waals surface area contributed by atoms with E-state index in [1.807, 2.05) is 11.0 Å². The number of nitrogens with zero attached hydrogens (tertiary/aromatic N) is 3. The van der Waals surface area contributed by atoms with E-state index in [4.69, 9.17) is 5.73 Å². The summed E-state index contributed by atoms with van der Waals surface area (Å²) in [5, 5.41) is 20.5. The fourth-order valence-corrected chi connectivity index (χ4v) is 4.60. The van der Waals surface area contributed by atoms with Gasteiger partial charge >= 0.3 is 0 Å². The van der Waals surface area contributed by atoms with Gasteiger partial charge in [-0.2, -0.15) is 5.26 Å². The molecule has 3 N–H and O–H groups in total. The van der Waals surface area contributed by atoms with E-state index in [0.717, 1.165) is 6.07 Å². The SMILES string of the molecule is N#Cc1cccc(-c2ccc3ncc(-c4cc(F)cc(F)c4)c(N4CCC(N)[C@H](F)C4)c3c2)c1O. The van der Waals surface area contributed by atoms with E-state index in [0.29, 0.717) is 46.2 Å². The molecule has 176 valence electrons. The van der Waals surface area contributed by atoms with Crippen molar-refractivity contribution in [2.45, 2.75) is 18.6 Å². The Kier molecular flexibility index (Phi) is 5.79. The van der Waals surface area contributed by atoms with E-state index in [-0.39, 0.29) is 23.4 Å². The molecule has 1 aliphatic heterocycles. The van der Waals surface area contributed by atoms with Crippen molar-refractivity contribution in [1.82, 2.24) is 4.98 Å². The molecule has 3 aromatic carbocycles. The normalized spacial score (nSPS) is 18.0. The fourth-order valence-electron chi connectivity index (χ4n) is 4.60. The van der Waals surface area contributed by atoms with Crippen molar-refractivity contribution in [3.63, 3.8) is 0 Å². The second-order valence-electron chi connectivity index (χ2n) is 8.64. The number of phenolic OH excluding ortho intramolecular Hbond substituents is 1. The van der Waals surface area contributed by atoms with E-state index >= 15 is 0 Å². The molecule has 4 aromatic rings. The van der Waals surface area contributed by atoms with E-state index in [1.165, 1.54) is 24.4 Å². The zero-order chi connectivity index (χ0) is 24.7. The molecule has 1 aliphatic rings. The van der Waals surface area contributed by atoms with Gasteiger partial charge in [0.15, 0.2) is 0 Å². The van der Waals surface area contributed by atoms with Gasteiger partial charge in [0.25, 0.3) is 0 Å². The number of benzene rings is 3. The summed E-state index contributed by atoms with van der Waals surface area (Å²) < 4.78 is 42.9. The van der Waals surface area contributed by atoms with Gasteiger partial charge in [0.05, 0.1) is 23.3 Å². The maximum Gasteiger partial charge on any atom is 0.141 e. The highest BCUT2D eigenvalue weighted by molar-refractivity contribution is 6.02. The van der Waals surface area contributed by atoms with Gasteiger partial charge in [0.2, 0.25) is 0 Å². The summed E-state index contributed by atoms with van der Waals surface area (Å²) in [6, 6.07) is 14.8. The molecule has 5 rings (SSSR count). The maximum absolute atomic E-state index is 14.7. The molecular weight excluding hydrogens is 453 g/mol. The van der Waals surface area contributed by atoms with Crippen LogP contribution in [0.2, 0.25) is 0 Å². The number of fused-ring (bicyclic) bond motifs is 1. The molecule has 2 atom stereocenters. The minimum absolute atomic E-state index is 0.0183. The third-order valence-corrected chi connectivity index (χ3v) is 6.39. The highest BCUT2D eigenvalue weighted by Crippen LogP contribution is 2.41. The Labute approximate surface area is 199 Å². The van der Waals surface area contributed by atoms with Crippen LogP contribution in [0.4, 0.5) is 18.9 Å². The number of nitriles is 1. The van der Waals surface area contributed by atoms with Crippen molar-refractivity contribution in [1.29, 1.82) is 5.26 Å². The molecule has 2 heterocycles. The molecule has 1 unspecified atom stereocenters. The molecule has 0 radical (unpaired) electrons. The lowest BCUT2D eigenvalue weighted by Crippen LogP contribution is -2.48. The van der Waals surface area contributed by atoms with Crippen LogP contribution in [0.3, 0.4) is 0 Å². The molecule has 0 bridgehead atoms. The summed E-state index contributed by atoms with van der Waals surface area (Å²) in [4.78, 5) is 6.32. The number of rotatable bonds is 3. The Morgan fingerprint density at radius 2 is 1.80 bits per heavy atom. The second-order valence-corrected chi connectivity index (χ2v) is 8.64. The molecule has 8 heteroatoms. The van der Waals surface area contributed by atoms with Crippen LogP contribution in [0.1, 0.15) is 12.0 Å². The van der Waals surface area contributed by atoms with Gasteiger partial charge in [-0.15, -0.1) is 0 Å². The molecule has 0 aliphatic carbocycles. The highest BCUT2D eigenvalue weighted by Gasteiger charge is 2.29. The minimum Gasteiger partial charge on any atom is -0.506 e. The Morgan fingerprint density at radius 3 is 2.51 bits per heavy atom. The van der Waals surface area contributed by atoms with Gasteiger partial charge in [0, 0.05) is 41.4 Å². The Hall–Kier alpha value is -4.09. The number of para-hydroxylation sites is 1. The van der Waals surface area contributed by atoms with Gasteiger partial charge in [-0.1, -0.05) is 18.2 Å². The minimum atomic E-state index is -1.27. The highest BCUT2D eigenvalue weighted by atomic mass is 19.1. The zero-order valence-electron chi connectivity index (χ0n) is 18.5. The van der Waals surface area contributed by atoms with Gasteiger partial charge in [-0.25, -0.2) is 13.2 Å². The average molecular weight is 474 g/mol. The van der Waals surface area contributed by atoms with Crippen molar-refractivity contribution in [2.24, 2.45) is 5.73 Å². The van der Waals surface area contributed by atoms with Crippen molar-refractivity contribution in [2.75, 3.05) is 18.0 Å². The monoisotopic (exact) mass is 474 g/mol. The van der Waals surface area contributed by atoms with E-state index in [2.05, 4.69) is 4.98 Å². The van der Waals surface area contributed by atoms with Gasteiger partial charge in [-0.05, 0) is 47.9 Å². The Bertz CT molecular complexity index is 1460. The topological polar surface area (TPSA) is 86.2 Å². The number of hydrogen-bond donors (Lipinski definition) is 2. The van der Waals surface area contributed by atoms with Crippen LogP contribution in [0.5, 0.6) is 5.75 Å². The van der Waals surface area contributed by atoms with Crippen molar-refractivity contribution >= 4 is 16.6 Å². The van der Waals surface area contributed by atoms with Crippen molar-refractivity contribution < 1.29 is 18.3 Å². The molecule has 1 aromatic heterocycles. The largest absolute Gasteiger partial charge is 0.506 e. The average Bonchev–Trinajstić information content (AvgIpc) is 2.84. The summed E-state index contributed by atoms with van der Waals surface area (Å²) in [6.07, 6.45) is 0.664. The molecule has 0 amide bonds. The Morgan fingerprint density at radius 1 is 1.03 bits per heavy atom. The lowest BCUT2D eigenvalue weighted by atomic mass is 9.95. The molecule has 0 saturated carbocycles. The van der Waals surface area contributed by atoms with Crippen LogP contribution in [0, 0.1) is 23.0 Å². The lowest BCUT2D eigenvalue weighted by Gasteiger charge is -2.36. The molecule has 0 spiro atoms. The fraction of sp³-hybridized carbons (Fsp3) is 0.185. The third kappa shape index (κ3) is 4.15. The number of alkyl halides is 1. The number of pyridine rings is 1. The maximum atomic E-state index is 14.7. The van der Waals surface area contributed by atoms with Crippen molar-refractivity contribution in [3.8, 4) is 34.1 Å². The van der Waals surface area contributed by atoms with Crippen LogP contribution in [-0.2, 0) is 0 Å². The van der Waals surface area contributed by atoms with Gasteiger partial charge < -0.3 is 15.7 Å². The van der Waals surface area contributed by atoms with Crippen LogP contribution in [0.25, 0.3) is 33.2 Å². The predicted molar refractivity (Wildman–Crippen MR) is 129 cm³/mol. The summed E-state index contributed by atoms with van der Waals surface area (Å²) in [5.74, 6) is -1.62. The van der Waals surface area contributed by atoms with Crippen LogP contribution >= 0.6 is 0 Å². The molecule has 5 nitrogen and oxygen atoms in total. The first-order valence-electron chi connectivity index (χ1n) is 11.1. The van der Waals surface area contributed by atoms with E-state index in [1.54, 1.807) is 30.3 Å². The van der Waals surface area contributed by atoms with Crippen molar-refractivity contribution in [3.05, 3.63) is 78.0 Å². The predicted octanol–water partition coefficient (Wildman–Crippen LogP) is 5.30. The number of aromatic hydroxyl groups is 1. The number of nitrogens with two attached hydrogens (primary N) is 1. The van der Waals surface area contributed by atoms with Crippen LogP contribution in [-0.4, -0.2) is 35.4 Å². The summed E-state index contributed by atoms with van der Waals surface area (Å²) in [7, 11) is 0. The number of halogens is 3. The zero-order valence-corrected chi connectivity index (χ0v) is 18.5. The van der Waals surface area contributed by atoms with Gasteiger partial charge in [0.1, 0.15) is 29.6 Å². The van der Waals surface area contributed by atoms with Gasteiger partial charge in [-0.3, -0.25) is 4.98 Å². The smallest absolute Gasteiger partial charge is 0.141 e. The first-order chi connectivity index (χ1) is 16.9. The standard InChI is InChI=1S/C27H21F3N4O/c28-18-8-17(9-19(29)11-18)22-13-33-25-5-4-15(20-3-1-2-16(12-31)27(20)35)10-21(25)26(22)34-7-6-24(32)23(30)14-34/h1-5,8-11,13,23-24,35H,6-7,14,32H2/t23-,24?/m1/s1. The number of aromatic nitrogens is 1. The first kappa shape index (κ1) is 22.7. The second kappa shape index (κ2) is 8.93. The third-order valence-electron chi connectivity index (χ3n) is 6.39. The lowest BCUT2D eigenvalue weighted by molar-refractivity contribution is 0.252. The molecule has 1 saturated heterocycles.